The van der Waals surface area contributed by atoms with Crippen LogP contribution in [0.5, 0.6) is 5.75 Å². The molecule has 1 amide bonds. The number of benzene rings is 1. The van der Waals surface area contributed by atoms with Crippen LogP contribution >= 0.6 is 0 Å². The lowest BCUT2D eigenvalue weighted by molar-refractivity contribution is -0.124. The molecular weight excluding hydrogens is 240 g/mol. The summed E-state index contributed by atoms with van der Waals surface area (Å²) in [6, 6.07) is 7.25. The van der Waals surface area contributed by atoms with Gasteiger partial charge in [0.15, 0.2) is 6.61 Å². The molecule has 19 heavy (non-hydrogen) atoms. The van der Waals surface area contributed by atoms with Crippen LogP contribution in [-0.4, -0.2) is 18.6 Å². The minimum Gasteiger partial charge on any atom is -0.484 e. The second-order valence-corrected chi connectivity index (χ2v) is 4.79. The van der Waals surface area contributed by atoms with E-state index in [1.165, 1.54) is 0 Å². The summed E-state index contributed by atoms with van der Waals surface area (Å²) in [5.41, 5.74) is 6.27. The summed E-state index contributed by atoms with van der Waals surface area (Å²) in [5, 5.41) is 2.97. The minimum atomic E-state index is -0.0955. The Morgan fingerprint density at radius 3 is 2.63 bits per heavy atom. The molecule has 1 atom stereocenters. The van der Waals surface area contributed by atoms with Gasteiger partial charge in [-0.25, -0.2) is 0 Å². The van der Waals surface area contributed by atoms with Crippen LogP contribution in [0.2, 0.25) is 0 Å². The molecule has 1 unspecified atom stereocenters. The van der Waals surface area contributed by atoms with Crippen LogP contribution < -0.4 is 15.8 Å². The second kappa shape index (κ2) is 7.67. The van der Waals surface area contributed by atoms with Crippen molar-refractivity contribution < 1.29 is 9.53 Å². The molecule has 106 valence electrons. The Morgan fingerprint density at radius 1 is 1.37 bits per heavy atom. The summed E-state index contributed by atoms with van der Waals surface area (Å²) >= 11 is 0. The smallest absolute Gasteiger partial charge is 0.258 e. The zero-order chi connectivity index (χ0) is 14.3. The van der Waals surface area contributed by atoms with Crippen molar-refractivity contribution in [2.75, 3.05) is 12.3 Å². The summed E-state index contributed by atoms with van der Waals surface area (Å²) < 4.78 is 5.40. The van der Waals surface area contributed by atoms with E-state index in [0.717, 1.165) is 12.8 Å². The predicted octanol–water partition coefficient (Wildman–Crippen LogP) is 2.59. The van der Waals surface area contributed by atoms with E-state index < -0.39 is 0 Å². The first-order chi connectivity index (χ1) is 9.06. The molecule has 3 N–H and O–H groups in total. The van der Waals surface area contributed by atoms with Gasteiger partial charge in [0.05, 0.1) is 0 Å². The summed E-state index contributed by atoms with van der Waals surface area (Å²) in [4.78, 5) is 11.8. The second-order valence-electron chi connectivity index (χ2n) is 4.79. The van der Waals surface area contributed by atoms with Gasteiger partial charge >= 0.3 is 0 Å². The van der Waals surface area contributed by atoms with Crippen molar-refractivity contribution in [3.8, 4) is 5.75 Å². The van der Waals surface area contributed by atoms with Crippen molar-refractivity contribution in [3.63, 3.8) is 0 Å². The van der Waals surface area contributed by atoms with Crippen LogP contribution in [0, 0.1) is 5.92 Å². The zero-order valence-electron chi connectivity index (χ0n) is 12.0. The van der Waals surface area contributed by atoms with Crippen LogP contribution in [0.1, 0.15) is 33.6 Å². The van der Waals surface area contributed by atoms with Gasteiger partial charge in [-0.2, -0.15) is 0 Å². The maximum Gasteiger partial charge on any atom is 0.258 e. The maximum absolute atomic E-state index is 11.8. The van der Waals surface area contributed by atoms with Gasteiger partial charge in [0, 0.05) is 17.8 Å². The first kappa shape index (κ1) is 15.3. The monoisotopic (exact) mass is 264 g/mol. The van der Waals surface area contributed by atoms with Gasteiger partial charge < -0.3 is 15.8 Å². The fourth-order valence-electron chi connectivity index (χ4n) is 2.16. The summed E-state index contributed by atoms with van der Waals surface area (Å²) in [6.07, 6.45) is 2.13. The van der Waals surface area contributed by atoms with E-state index in [1.807, 2.05) is 6.92 Å². The molecule has 0 aliphatic rings. The first-order valence-corrected chi connectivity index (χ1v) is 6.84. The van der Waals surface area contributed by atoms with E-state index in [1.54, 1.807) is 24.3 Å². The summed E-state index contributed by atoms with van der Waals surface area (Å²) in [7, 11) is 0. The van der Waals surface area contributed by atoms with Gasteiger partial charge in [-0.1, -0.05) is 32.8 Å². The van der Waals surface area contributed by atoms with Gasteiger partial charge in [-0.15, -0.1) is 0 Å². The number of nitrogens with one attached hydrogen (secondary N) is 1. The van der Waals surface area contributed by atoms with E-state index in [-0.39, 0.29) is 18.6 Å². The Hall–Kier alpha value is -1.71. The number of nitrogen functional groups attached to an aromatic ring is 1. The van der Waals surface area contributed by atoms with Crippen LogP contribution in [0.15, 0.2) is 24.3 Å². The largest absolute Gasteiger partial charge is 0.484 e. The molecule has 1 aromatic carbocycles. The van der Waals surface area contributed by atoms with Crippen molar-refractivity contribution in [1.82, 2.24) is 5.32 Å². The molecule has 0 aliphatic heterocycles. The van der Waals surface area contributed by atoms with Gasteiger partial charge in [0.1, 0.15) is 5.75 Å². The molecule has 0 fully saturated rings. The molecule has 0 aromatic heterocycles. The molecule has 4 heteroatoms. The van der Waals surface area contributed by atoms with Gasteiger partial charge in [-0.05, 0) is 25.0 Å². The SMILES string of the molecule is CCC(CC)C(C)NC(=O)COc1cccc(N)c1. The fourth-order valence-corrected chi connectivity index (χ4v) is 2.16. The summed E-state index contributed by atoms with van der Waals surface area (Å²) in [5.74, 6) is 1.03. The number of nitrogens with two attached hydrogens (primary N) is 1. The number of carbonyl (C=O) groups excluding carboxylic acids is 1. The molecule has 0 heterocycles. The zero-order valence-corrected chi connectivity index (χ0v) is 12.0. The van der Waals surface area contributed by atoms with Crippen molar-refractivity contribution in [2.45, 2.75) is 39.7 Å². The first-order valence-electron chi connectivity index (χ1n) is 6.84. The quantitative estimate of drug-likeness (QED) is 0.744. The molecule has 1 aromatic rings. The molecule has 0 saturated heterocycles. The number of rotatable bonds is 7. The molecule has 0 bridgehead atoms. The standard InChI is InChI=1S/C15H24N2O2/c1-4-12(5-2)11(3)17-15(18)10-19-14-8-6-7-13(16)9-14/h6-9,11-12H,4-5,10,16H2,1-3H3,(H,17,18). The number of amides is 1. The number of anilines is 1. The molecule has 1 rings (SSSR count). The van der Waals surface area contributed by atoms with Crippen LogP contribution in [0.4, 0.5) is 5.69 Å². The van der Waals surface area contributed by atoms with E-state index in [4.69, 9.17) is 10.5 Å². The third kappa shape index (κ3) is 5.20. The lowest BCUT2D eigenvalue weighted by Gasteiger charge is -2.22. The van der Waals surface area contributed by atoms with Crippen molar-refractivity contribution >= 4 is 11.6 Å². The fraction of sp³-hybridized carbons (Fsp3) is 0.533. The van der Waals surface area contributed by atoms with Crippen molar-refractivity contribution in [2.24, 2.45) is 5.92 Å². The Kier molecular flexibility index (Phi) is 6.19. The molecular formula is C15H24N2O2. The average molecular weight is 264 g/mol. The maximum atomic E-state index is 11.8. The highest BCUT2D eigenvalue weighted by molar-refractivity contribution is 5.77. The third-order valence-electron chi connectivity index (χ3n) is 3.37. The van der Waals surface area contributed by atoms with Gasteiger partial charge in [0.2, 0.25) is 0 Å². The molecule has 0 radical (unpaired) electrons. The van der Waals surface area contributed by atoms with E-state index in [0.29, 0.717) is 17.4 Å². The van der Waals surface area contributed by atoms with Crippen LogP contribution in [0.25, 0.3) is 0 Å². The topological polar surface area (TPSA) is 64.3 Å². The highest BCUT2D eigenvalue weighted by Gasteiger charge is 2.15. The van der Waals surface area contributed by atoms with Crippen LogP contribution in [-0.2, 0) is 4.79 Å². The number of carbonyl (C=O) groups is 1. The van der Waals surface area contributed by atoms with E-state index in [9.17, 15) is 4.79 Å². The minimum absolute atomic E-state index is 0.0218. The molecule has 0 saturated carbocycles. The molecule has 0 aliphatic carbocycles. The Bertz CT molecular complexity index is 403. The lowest BCUT2D eigenvalue weighted by atomic mass is 9.95. The molecule has 4 nitrogen and oxygen atoms in total. The van der Waals surface area contributed by atoms with E-state index >= 15 is 0 Å². The van der Waals surface area contributed by atoms with Gasteiger partial charge in [-0.3, -0.25) is 4.79 Å². The third-order valence-corrected chi connectivity index (χ3v) is 3.37. The Labute approximate surface area is 115 Å². The number of hydrogen-bond acceptors (Lipinski definition) is 3. The van der Waals surface area contributed by atoms with Crippen LogP contribution in [0.3, 0.4) is 0 Å². The summed E-state index contributed by atoms with van der Waals surface area (Å²) in [6.45, 7) is 6.34. The Balaban J connectivity index is 2.39. The lowest BCUT2D eigenvalue weighted by Crippen LogP contribution is -2.40. The van der Waals surface area contributed by atoms with Crippen molar-refractivity contribution in [3.05, 3.63) is 24.3 Å². The Morgan fingerprint density at radius 2 is 2.05 bits per heavy atom. The predicted molar refractivity (Wildman–Crippen MR) is 78.0 cm³/mol. The number of ether oxygens (including phenoxy) is 1. The van der Waals surface area contributed by atoms with Gasteiger partial charge in [0.25, 0.3) is 5.91 Å². The number of hydrogen-bond donors (Lipinski definition) is 2. The average Bonchev–Trinajstić information content (AvgIpc) is 2.38. The van der Waals surface area contributed by atoms with Crippen molar-refractivity contribution in [1.29, 1.82) is 0 Å². The highest BCUT2D eigenvalue weighted by atomic mass is 16.5. The highest BCUT2D eigenvalue weighted by Crippen LogP contribution is 2.15. The molecule has 0 spiro atoms. The normalized spacial score (nSPS) is 12.2. The van der Waals surface area contributed by atoms with E-state index in [2.05, 4.69) is 19.2 Å².